The maximum absolute atomic E-state index is 11.4. The number of carbonyl (C=O) groups excluding carboxylic acids is 2. The number of ketones is 1. The van der Waals surface area contributed by atoms with Crippen molar-refractivity contribution in [1.82, 2.24) is 0 Å². The Hall–Kier alpha value is -2.10. The van der Waals surface area contributed by atoms with Gasteiger partial charge in [0.2, 0.25) is 11.7 Å². The zero-order valence-electron chi connectivity index (χ0n) is 7.90. The van der Waals surface area contributed by atoms with Crippen molar-refractivity contribution in [1.29, 1.82) is 0 Å². The average molecular weight is 203 g/mol. The smallest absolute Gasteiger partial charge is 0.225 e. The van der Waals surface area contributed by atoms with E-state index in [4.69, 9.17) is 10.2 Å². The zero-order valence-corrected chi connectivity index (χ0v) is 7.90. The number of fused-ring (bicyclic) bond motifs is 1. The van der Waals surface area contributed by atoms with Crippen molar-refractivity contribution in [2.75, 3.05) is 0 Å². The Morgan fingerprint density at radius 2 is 2.00 bits per heavy atom. The molecule has 0 bridgehead atoms. The van der Waals surface area contributed by atoms with Crippen LogP contribution in [0, 0.1) is 0 Å². The lowest BCUT2D eigenvalue weighted by atomic mass is 10.2. The lowest BCUT2D eigenvalue weighted by Crippen LogP contribution is -2.15. The molecule has 15 heavy (non-hydrogen) atoms. The predicted molar refractivity (Wildman–Crippen MR) is 54.4 cm³/mol. The number of benzene rings is 1. The van der Waals surface area contributed by atoms with Crippen LogP contribution in [-0.2, 0) is 4.79 Å². The van der Waals surface area contributed by atoms with Gasteiger partial charge in [0.1, 0.15) is 5.58 Å². The molecule has 0 fully saturated rings. The van der Waals surface area contributed by atoms with Crippen molar-refractivity contribution in [2.45, 2.75) is 6.42 Å². The summed E-state index contributed by atoms with van der Waals surface area (Å²) < 4.78 is 5.27. The lowest BCUT2D eigenvalue weighted by molar-refractivity contribution is -0.117. The van der Waals surface area contributed by atoms with E-state index in [-0.39, 0.29) is 12.2 Å². The quantitative estimate of drug-likeness (QED) is 0.606. The molecule has 4 heteroatoms. The Morgan fingerprint density at radius 1 is 1.27 bits per heavy atom. The van der Waals surface area contributed by atoms with Gasteiger partial charge in [-0.3, -0.25) is 9.59 Å². The monoisotopic (exact) mass is 203 g/mol. The number of primary amides is 1. The number of nitrogens with two attached hydrogens (primary N) is 1. The summed E-state index contributed by atoms with van der Waals surface area (Å²) in [6.45, 7) is 0. The molecule has 1 aromatic heterocycles. The second-order valence-electron chi connectivity index (χ2n) is 3.21. The summed E-state index contributed by atoms with van der Waals surface area (Å²) in [5.74, 6) is -0.867. The molecule has 1 heterocycles. The molecule has 0 radical (unpaired) electrons. The number of hydrogen-bond donors (Lipinski definition) is 1. The van der Waals surface area contributed by atoms with E-state index in [2.05, 4.69) is 0 Å². The van der Waals surface area contributed by atoms with Gasteiger partial charge in [-0.1, -0.05) is 18.2 Å². The molecule has 0 unspecified atom stereocenters. The molecule has 0 aliphatic carbocycles. The maximum Gasteiger partial charge on any atom is 0.225 e. The van der Waals surface area contributed by atoms with Gasteiger partial charge in [-0.15, -0.1) is 0 Å². The predicted octanol–water partition coefficient (Wildman–Crippen LogP) is 1.49. The molecule has 0 aliphatic heterocycles. The third kappa shape index (κ3) is 1.88. The Balaban J connectivity index is 2.36. The number of para-hydroxylation sites is 1. The van der Waals surface area contributed by atoms with Crippen LogP contribution >= 0.6 is 0 Å². The molecule has 2 aromatic rings. The van der Waals surface area contributed by atoms with Crippen LogP contribution in [0.2, 0.25) is 0 Å². The van der Waals surface area contributed by atoms with Crippen LogP contribution in [0.1, 0.15) is 17.0 Å². The van der Waals surface area contributed by atoms with Crippen LogP contribution < -0.4 is 5.73 Å². The molecular weight excluding hydrogens is 194 g/mol. The summed E-state index contributed by atoms with van der Waals surface area (Å²) in [4.78, 5) is 22.0. The Morgan fingerprint density at radius 3 is 2.67 bits per heavy atom. The third-order valence-corrected chi connectivity index (χ3v) is 2.04. The summed E-state index contributed by atoms with van der Waals surface area (Å²) in [6.07, 6.45) is -0.320. The molecule has 0 saturated heterocycles. The van der Waals surface area contributed by atoms with Gasteiger partial charge in [0.05, 0.1) is 6.42 Å². The van der Waals surface area contributed by atoms with Crippen LogP contribution in [0.4, 0.5) is 0 Å². The molecule has 76 valence electrons. The number of amides is 1. The first-order valence-corrected chi connectivity index (χ1v) is 4.47. The minimum absolute atomic E-state index is 0.176. The first kappa shape index (κ1) is 9.45. The second-order valence-corrected chi connectivity index (χ2v) is 3.21. The van der Waals surface area contributed by atoms with Crippen LogP contribution in [0.15, 0.2) is 34.7 Å². The number of Topliss-reactive ketones (excluding diaryl/α,β-unsaturated/α-hetero) is 1. The number of rotatable bonds is 3. The molecule has 2 rings (SSSR count). The van der Waals surface area contributed by atoms with E-state index in [1.54, 1.807) is 12.1 Å². The van der Waals surface area contributed by atoms with E-state index >= 15 is 0 Å². The molecule has 0 aliphatic rings. The van der Waals surface area contributed by atoms with Crippen molar-refractivity contribution in [3.05, 3.63) is 36.1 Å². The van der Waals surface area contributed by atoms with E-state index in [0.29, 0.717) is 5.58 Å². The highest BCUT2D eigenvalue weighted by molar-refractivity contribution is 6.07. The first-order valence-electron chi connectivity index (χ1n) is 4.47. The van der Waals surface area contributed by atoms with E-state index in [1.165, 1.54) is 0 Å². The van der Waals surface area contributed by atoms with E-state index < -0.39 is 11.7 Å². The lowest BCUT2D eigenvalue weighted by Gasteiger charge is -1.90. The fraction of sp³-hybridized carbons (Fsp3) is 0.0909. The van der Waals surface area contributed by atoms with Gasteiger partial charge in [0.25, 0.3) is 0 Å². The molecule has 0 atom stereocenters. The average Bonchev–Trinajstić information content (AvgIpc) is 2.59. The first-order chi connectivity index (χ1) is 7.16. The molecule has 1 amide bonds. The van der Waals surface area contributed by atoms with Gasteiger partial charge in [-0.05, 0) is 12.1 Å². The maximum atomic E-state index is 11.4. The van der Waals surface area contributed by atoms with Crippen LogP contribution in [0.25, 0.3) is 11.0 Å². The summed E-state index contributed by atoms with van der Waals surface area (Å²) in [5.41, 5.74) is 5.55. The van der Waals surface area contributed by atoms with Gasteiger partial charge in [-0.25, -0.2) is 0 Å². The summed E-state index contributed by atoms with van der Waals surface area (Å²) in [6, 6.07) is 8.87. The number of hydrogen-bond acceptors (Lipinski definition) is 3. The topological polar surface area (TPSA) is 73.3 Å². The van der Waals surface area contributed by atoms with Gasteiger partial charge in [-0.2, -0.15) is 0 Å². The van der Waals surface area contributed by atoms with E-state index in [9.17, 15) is 9.59 Å². The van der Waals surface area contributed by atoms with Crippen molar-refractivity contribution < 1.29 is 14.0 Å². The van der Waals surface area contributed by atoms with Crippen molar-refractivity contribution in [2.24, 2.45) is 5.73 Å². The largest absolute Gasteiger partial charge is 0.453 e. The molecular formula is C11H9NO3. The highest BCUT2D eigenvalue weighted by Crippen LogP contribution is 2.19. The highest BCUT2D eigenvalue weighted by atomic mass is 16.3. The Bertz CT molecular complexity index is 494. The molecule has 0 saturated carbocycles. The highest BCUT2D eigenvalue weighted by Gasteiger charge is 2.13. The minimum atomic E-state index is -0.652. The summed E-state index contributed by atoms with van der Waals surface area (Å²) in [5, 5.41) is 0.838. The molecule has 2 N–H and O–H groups in total. The molecule has 4 nitrogen and oxygen atoms in total. The molecule has 0 spiro atoms. The van der Waals surface area contributed by atoms with Crippen molar-refractivity contribution in [3.63, 3.8) is 0 Å². The van der Waals surface area contributed by atoms with Gasteiger partial charge < -0.3 is 10.2 Å². The minimum Gasteiger partial charge on any atom is -0.453 e. The Labute approximate surface area is 85.7 Å². The number of carbonyl (C=O) groups is 2. The molecule has 1 aromatic carbocycles. The normalized spacial score (nSPS) is 10.4. The van der Waals surface area contributed by atoms with Gasteiger partial charge in [0.15, 0.2) is 5.76 Å². The Kier molecular flexibility index (Phi) is 2.25. The van der Waals surface area contributed by atoms with Gasteiger partial charge >= 0.3 is 0 Å². The summed E-state index contributed by atoms with van der Waals surface area (Å²) >= 11 is 0. The fourth-order valence-electron chi connectivity index (χ4n) is 1.36. The number of furan rings is 1. The van der Waals surface area contributed by atoms with E-state index in [1.807, 2.05) is 18.2 Å². The zero-order chi connectivity index (χ0) is 10.8. The third-order valence-electron chi connectivity index (χ3n) is 2.04. The van der Waals surface area contributed by atoms with Crippen molar-refractivity contribution >= 4 is 22.7 Å². The SMILES string of the molecule is NC(=O)CC(=O)c1cc2ccccc2o1. The van der Waals surface area contributed by atoms with Crippen LogP contribution in [-0.4, -0.2) is 11.7 Å². The van der Waals surface area contributed by atoms with Crippen LogP contribution in [0.3, 0.4) is 0 Å². The van der Waals surface area contributed by atoms with Crippen molar-refractivity contribution in [3.8, 4) is 0 Å². The fourth-order valence-corrected chi connectivity index (χ4v) is 1.36. The van der Waals surface area contributed by atoms with E-state index in [0.717, 1.165) is 5.39 Å². The van der Waals surface area contributed by atoms with Gasteiger partial charge in [0, 0.05) is 5.39 Å². The summed E-state index contributed by atoms with van der Waals surface area (Å²) in [7, 11) is 0. The second kappa shape index (κ2) is 3.57. The van der Waals surface area contributed by atoms with Crippen LogP contribution in [0.5, 0.6) is 0 Å². The standard InChI is InChI=1S/C11H9NO3/c12-11(14)6-8(13)10-5-7-3-1-2-4-9(7)15-10/h1-5H,6H2,(H2,12,14).